The van der Waals surface area contributed by atoms with Gasteiger partial charge in [0.15, 0.2) is 0 Å². The highest BCUT2D eigenvalue weighted by Gasteiger charge is 2.13. The van der Waals surface area contributed by atoms with Gasteiger partial charge in [-0.1, -0.05) is 47.5 Å². The zero-order valence-corrected chi connectivity index (χ0v) is 18.6. The first-order chi connectivity index (χ1) is 14.9. The summed E-state index contributed by atoms with van der Waals surface area (Å²) in [5.74, 6) is 0.00598. The van der Waals surface area contributed by atoms with Crippen LogP contribution in [0, 0.1) is 25.2 Å². The Morgan fingerprint density at radius 3 is 2.45 bits per heavy atom. The van der Waals surface area contributed by atoms with Crippen LogP contribution in [0.15, 0.2) is 66.2 Å². The van der Waals surface area contributed by atoms with Crippen LogP contribution in [0.25, 0.3) is 6.08 Å². The Morgan fingerprint density at radius 2 is 1.74 bits per heavy atom. The number of anilines is 1. The molecule has 0 bridgehead atoms. The minimum atomic E-state index is -0.500. The molecule has 6 heteroatoms. The van der Waals surface area contributed by atoms with Crippen LogP contribution in [0.5, 0.6) is 5.75 Å². The van der Waals surface area contributed by atoms with Gasteiger partial charge >= 0.3 is 0 Å². The van der Waals surface area contributed by atoms with E-state index in [0.29, 0.717) is 33.7 Å². The maximum Gasteiger partial charge on any atom is 0.266 e. The number of nitriles is 1. The number of halogens is 2. The van der Waals surface area contributed by atoms with Crippen LogP contribution >= 0.6 is 23.2 Å². The predicted molar refractivity (Wildman–Crippen MR) is 125 cm³/mol. The van der Waals surface area contributed by atoms with Crippen LogP contribution in [0.3, 0.4) is 0 Å². The first-order valence-electron chi connectivity index (χ1n) is 9.53. The van der Waals surface area contributed by atoms with Gasteiger partial charge in [-0.05, 0) is 73.0 Å². The molecular formula is C25H20Cl2N2O2. The average molecular weight is 451 g/mol. The molecule has 1 amide bonds. The van der Waals surface area contributed by atoms with Gasteiger partial charge in [0.2, 0.25) is 0 Å². The van der Waals surface area contributed by atoms with Crippen molar-refractivity contribution in [2.45, 2.75) is 20.5 Å². The first kappa shape index (κ1) is 22.4. The van der Waals surface area contributed by atoms with Crippen LogP contribution in [-0.4, -0.2) is 5.91 Å². The molecular weight excluding hydrogens is 431 g/mol. The van der Waals surface area contributed by atoms with Crippen molar-refractivity contribution in [3.05, 3.63) is 98.5 Å². The smallest absolute Gasteiger partial charge is 0.266 e. The van der Waals surface area contributed by atoms with Gasteiger partial charge in [-0.3, -0.25) is 4.79 Å². The van der Waals surface area contributed by atoms with E-state index in [-0.39, 0.29) is 5.57 Å². The maximum absolute atomic E-state index is 12.7. The molecule has 0 spiro atoms. The highest BCUT2D eigenvalue weighted by molar-refractivity contribution is 6.31. The van der Waals surface area contributed by atoms with E-state index in [4.69, 9.17) is 27.9 Å². The Labute approximate surface area is 191 Å². The van der Waals surface area contributed by atoms with Crippen LogP contribution in [0.2, 0.25) is 10.0 Å². The maximum atomic E-state index is 12.7. The number of nitrogens with zero attached hydrogens (tertiary/aromatic N) is 1. The summed E-state index contributed by atoms with van der Waals surface area (Å²) < 4.78 is 5.91. The van der Waals surface area contributed by atoms with Crippen molar-refractivity contribution in [3.63, 3.8) is 0 Å². The van der Waals surface area contributed by atoms with Gasteiger partial charge in [0.1, 0.15) is 24.0 Å². The van der Waals surface area contributed by atoms with Crippen molar-refractivity contribution in [1.82, 2.24) is 0 Å². The van der Waals surface area contributed by atoms with Crippen LogP contribution in [0.1, 0.15) is 22.3 Å². The SMILES string of the molecule is Cc1ccc(C)c(NC(=O)/C(C#N)=C/c2cc(Cl)ccc2OCc2ccc(Cl)cc2)c1. The fourth-order valence-corrected chi connectivity index (χ4v) is 3.18. The Bertz CT molecular complexity index is 1180. The molecule has 3 rings (SSSR count). The highest BCUT2D eigenvalue weighted by Crippen LogP contribution is 2.27. The largest absolute Gasteiger partial charge is 0.488 e. The minimum absolute atomic E-state index is 0.0560. The third-order valence-corrected chi connectivity index (χ3v) is 5.07. The summed E-state index contributed by atoms with van der Waals surface area (Å²) in [4.78, 5) is 12.7. The van der Waals surface area contributed by atoms with Crippen LogP contribution in [-0.2, 0) is 11.4 Å². The molecule has 0 saturated heterocycles. The summed E-state index contributed by atoms with van der Waals surface area (Å²) in [5, 5.41) is 13.5. The second kappa shape index (κ2) is 10.2. The molecule has 0 atom stereocenters. The Morgan fingerprint density at radius 1 is 1.03 bits per heavy atom. The van der Waals surface area contributed by atoms with Crippen molar-refractivity contribution in [1.29, 1.82) is 5.26 Å². The molecule has 3 aromatic rings. The number of ether oxygens (including phenoxy) is 1. The van der Waals surface area contributed by atoms with Crippen molar-refractivity contribution in [2.75, 3.05) is 5.32 Å². The van der Waals surface area contributed by atoms with E-state index in [2.05, 4.69) is 5.32 Å². The van der Waals surface area contributed by atoms with Crippen LogP contribution in [0.4, 0.5) is 5.69 Å². The van der Waals surface area contributed by atoms with E-state index in [9.17, 15) is 10.1 Å². The summed E-state index contributed by atoms with van der Waals surface area (Å²) in [5.41, 5.74) is 4.00. The molecule has 0 aliphatic heterocycles. The van der Waals surface area contributed by atoms with Crippen molar-refractivity contribution >= 4 is 40.9 Å². The first-order valence-corrected chi connectivity index (χ1v) is 10.3. The van der Waals surface area contributed by atoms with Gasteiger partial charge in [0, 0.05) is 21.3 Å². The summed E-state index contributed by atoms with van der Waals surface area (Å²) in [6.07, 6.45) is 1.48. The van der Waals surface area contributed by atoms with Gasteiger partial charge < -0.3 is 10.1 Å². The predicted octanol–water partition coefficient (Wildman–Crippen LogP) is 6.73. The lowest BCUT2D eigenvalue weighted by Gasteiger charge is -2.11. The molecule has 4 nitrogen and oxygen atoms in total. The molecule has 1 N–H and O–H groups in total. The molecule has 0 aromatic heterocycles. The van der Waals surface area contributed by atoms with Gasteiger partial charge in [0.25, 0.3) is 5.91 Å². The Balaban J connectivity index is 1.84. The van der Waals surface area contributed by atoms with E-state index >= 15 is 0 Å². The number of hydrogen-bond donors (Lipinski definition) is 1. The molecule has 156 valence electrons. The molecule has 0 aliphatic carbocycles. The minimum Gasteiger partial charge on any atom is -0.488 e. The fraction of sp³-hybridized carbons (Fsp3) is 0.120. The van der Waals surface area contributed by atoms with Gasteiger partial charge in [0.05, 0.1) is 0 Å². The average Bonchev–Trinajstić information content (AvgIpc) is 2.75. The molecule has 0 heterocycles. The molecule has 0 aliphatic rings. The summed E-state index contributed by atoms with van der Waals surface area (Å²) in [7, 11) is 0. The van der Waals surface area contributed by atoms with Gasteiger partial charge in [-0.2, -0.15) is 5.26 Å². The zero-order valence-electron chi connectivity index (χ0n) is 17.1. The number of carbonyl (C=O) groups is 1. The number of hydrogen-bond acceptors (Lipinski definition) is 3. The monoisotopic (exact) mass is 450 g/mol. The molecule has 3 aromatic carbocycles. The Hall–Kier alpha value is -3.26. The lowest BCUT2D eigenvalue weighted by molar-refractivity contribution is -0.112. The zero-order chi connectivity index (χ0) is 22.4. The van der Waals surface area contributed by atoms with Crippen LogP contribution < -0.4 is 10.1 Å². The summed E-state index contributed by atoms with van der Waals surface area (Å²) >= 11 is 12.1. The molecule has 0 unspecified atom stereocenters. The van der Waals surface area contributed by atoms with E-state index < -0.39 is 5.91 Å². The number of rotatable bonds is 6. The number of nitrogens with one attached hydrogen (secondary N) is 1. The van der Waals surface area contributed by atoms with E-state index in [1.54, 1.807) is 30.3 Å². The molecule has 0 fully saturated rings. The van der Waals surface area contributed by atoms with Gasteiger partial charge in [-0.25, -0.2) is 0 Å². The summed E-state index contributed by atoms with van der Waals surface area (Å²) in [6, 6.07) is 20.1. The molecule has 31 heavy (non-hydrogen) atoms. The van der Waals surface area contributed by atoms with Crippen molar-refractivity contribution in [3.8, 4) is 11.8 Å². The van der Waals surface area contributed by atoms with E-state index in [1.807, 2.05) is 50.2 Å². The molecule has 0 radical (unpaired) electrons. The number of aryl methyl sites for hydroxylation is 2. The lowest BCUT2D eigenvalue weighted by Crippen LogP contribution is -2.14. The van der Waals surface area contributed by atoms with Crippen molar-refractivity contribution in [2.24, 2.45) is 0 Å². The lowest BCUT2D eigenvalue weighted by atomic mass is 10.1. The third-order valence-electron chi connectivity index (χ3n) is 4.59. The quantitative estimate of drug-likeness (QED) is 0.334. The van der Waals surface area contributed by atoms with Gasteiger partial charge in [-0.15, -0.1) is 0 Å². The normalized spacial score (nSPS) is 11.0. The number of benzene rings is 3. The number of carbonyl (C=O) groups excluding carboxylic acids is 1. The molecule has 0 saturated carbocycles. The van der Waals surface area contributed by atoms with E-state index in [1.165, 1.54) is 6.08 Å². The number of amides is 1. The Kier molecular flexibility index (Phi) is 7.36. The highest BCUT2D eigenvalue weighted by atomic mass is 35.5. The second-order valence-corrected chi connectivity index (χ2v) is 7.91. The van der Waals surface area contributed by atoms with Crippen molar-refractivity contribution < 1.29 is 9.53 Å². The summed E-state index contributed by atoms with van der Waals surface area (Å²) in [6.45, 7) is 4.13. The third kappa shape index (κ3) is 6.11. The fourth-order valence-electron chi connectivity index (χ4n) is 2.87. The topological polar surface area (TPSA) is 62.1 Å². The van der Waals surface area contributed by atoms with E-state index in [0.717, 1.165) is 16.7 Å². The second-order valence-electron chi connectivity index (χ2n) is 7.04. The standard InChI is InChI=1S/C25H20Cl2N2O2/c1-16-3-4-17(2)23(11-16)29-25(30)20(14-28)12-19-13-22(27)9-10-24(19)31-15-18-5-7-21(26)8-6-18/h3-13H,15H2,1-2H3,(H,29,30)/b20-12+.